The van der Waals surface area contributed by atoms with E-state index in [-0.39, 0.29) is 11.9 Å². The number of ether oxygens (including phenoxy) is 1. The van der Waals surface area contributed by atoms with Gasteiger partial charge in [-0.2, -0.15) is 5.26 Å². The van der Waals surface area contributed by atoms with Crippen LogP contribution in [0.2, 0.25) is 0 Å². The number of esters is 1. The predicted octanol–water partition coefficient (Wildman–Crippen LogP) is 4.20. The average molecular weight is 299 g/mol. The van der Waals surface area contributed by atoms with E-state index in [4.69, 9.17) is 10.00 Å². The maximum atomic E-state index is 12.5. The molecule has 0 spiro atoms. The van der Waals surface area contributed by atoms with Crippen molar-refractivity contribution in [3.63, 3.8) is 0 Å². The fraction of sp³-hybridized carbons (Fsp3) is 0.579. The lowest BCUT2D eigenvalue weighted by molar-refractivity contribution is -0.146. The molecule has 0 fully saturated rings. The first-order valence-corrected chi connectivity index (χ1v) is 8.30. The molecule has 3 heteroatoms. The van der Waals surface area contributed by atoms with E-state index in [1.165, 1.54) is 18.4 Å². The highest BCUT2D eigenvalue weighted by atomic mass is 16.5. The van der Waals surface area contributed by atoms with Crippen molar-refractivity contribution in [1.29, 1.82) is 5.26 Å². The quantitative estimate of drug-likeness (QED) is 0.740. The second-order valence-electron chi connectivity index (χ2n) is 6.35. The van der Waals surface area contributed by atoms with Gasteiger partial charge in [0.25, 0.3) is 0 Å². The van der Waals surface area contributed by atoms with E-state index in [1.54, 1.807) is 0 Å². The molecule has 1 aliphatic rings. The molecular weight excluding hydrogens is 274 g/mol. The summed E-state index contributed by atoms with van der Waals surface area (Å²) < 4.78 is 5.31. The van der Waals surface area contributed by atoms with Crippen LogP contribution in [0.15, 0.2) is 18.2 Å². The molecule has 0 saturated carbocycles. The van der Waals surface area contributed by atoms with Crippen LogP contribution in [-0.4, -0.2) is 12.6 Å². The van der Waals surface area contributed by atoms with Gasteiger partial charge in [0.1, 0.15) is 0 Å². The monoisotopic (exact) mass is 299 g/mol. The molecule has 0 amide bonds. The van der Waals surface area contributed by atoms with Crippen LogP contribution in [0.4, 0.5) is 0 Å². The number of nitrogens with zero attached hydrogens (tertiary/aromatic N) is 1. The van der Waals surface area contributed by atoms with E-state index >= 15 is 0 Å². The van der Waals surface area contributed by atoms with Crippen LogP contribution in [0.3, 0.4) is 0 Å². The van der Waals surface area contributed by atoms with Gasteiger partial charge in [-0.05, 0) is 54.9 Å². The fourth-order valence-electron chi connectivity index (χ4n) is 3.69. The van der Waals surface area contributed by atoms with Gasteiger partial charge in [-0.15, -0.1) is 0 Å². The number of rotatable bonds is 6. The number of nitriles is 1. The zero-order chi connectivity index (χ0) is 16.1. The third-order valence-electron chi connectivity index (χ3n) is 4.59. The number of carbonyl (C=O) groups is 1. The first kappa shape index (κ1) is 16.5. The Morgan fingerprint density at radius 1 is 1.45 bits per heavy atom. The number of hydrogen-bond donors (Lipinski definition) is 0. The largest absolute Gasteiger partial charge is 0.466 e. The zero-order valence-corrected chi connectivity index (χ0v) is 13.8. The smallest absolute Gasteiger partial charge is 0.313 e. The molecule has 3 nitrogen and oxygen atoms in total. The molecule has 1 aromatic carbocycles. The molecule has 2 rings (SSSR count). The first-order chi connectivity index (χ1) is 10.6. The number of fused-ring (bicyclic) bond motifs is 1. The Bertz CT molecular complexity index is 573. The molecule has 0 aromatic heterocycles. The van der Waals surface area contributed by atoms with Crippen LogP contribution in [0.5, 0.6) is 0 Å². The van der Waals surface area contributed by atoms with Crippen LogP contribution in [0, 0.1) is 23.2 Å². The third kappa shape index (κ3) is 3.50. The molecule has 22 heavy (non-hydrogen) atoms. The maximum Gasteiger partial charge on any atom is 0.313 e. The summed E-state index contributed by atoms with van der Waals surface area (Å²) >= 11 is 0. The number of benzene rings is 1. The lowest BCUT2D eigenvalue weighted by atomic mass is 9.84. The third-order valence-corrected chi connectivity index (χ3v) is 4.59. The number of hydrogen-bond acceptors (Lipinski definition) is 3. The highest BCUT2D eigenvalue weighted by molar-refractivity contribution is 5.80. The Morgan fingerprint density at radius 3 is 2.86 bits per heavy atom. The molecule has 0 aliphatic heterocycles. The second-order valence-corrected chi connectivity index (χ2v) is 6.35. The van der Waals surface area contributed by atoms with E-state index in [0.717, 1.165) is 18.4 Å². The average Bonchev–Trinajstić information content (AvgIpc) is 2.84. The SMILES string of the molecule is CCC[C@@H](C)CC1Cc2ccc(C#N)cc2[C@H]1C(=O)OCC. The summed E-state index contributed by atoms with van der Waals surface area (Å²) in [5.41, 5.74) is 2.83. The molecular formula is C19H25NO2. The van der Waals surface area contributed by atoms with E-state index in [2.05, 4.69) is 19.9 Å². The molecule has 1 aromatic rings. The Labute approximate surface area is 133 Å². The van der Waals surface area contributed by atoms with Crippen molar-refractivity contribution < 1.29 is 9.53 Å². The van der Waals surface area contributed by atoms with Crippen LogP contribution in [0.25, 0.3) is 0 Å². The van der Waals surface area contributed by atoms with Crippen LogP contribution in [0.1, 0.15) is 62.6 Å². The molecule has 0 heterocycles. The van der Waals surface area contributed by atoms with E-state index < -0.39 is 0 Å². The fourth-order valence-corrected chi connectivity index (χ4v) is 3.69. The Morgan fingerprint density at radius 2 is 2.23 bits per heavy atom. The lowest BCUT2D eigenvalue weighted by Gasteiger charge is -2.22. The minimum Gasteiger partial charge on any atom is -0.466 e. The molecule has 0 saturated heterocycles. The van der Waals surface area contributed by atoms with Crippen molar-refractivity contribution in [2.24, 2.45) is 11.8 Å². The molecule has 3 atom stereocenters. The Kier molecular flexibility index (Phi) is 5.60. The number of carbonyl (C=O) groups excluding carboxylic acids is 1. The van der Waals surface area contributed by atoms with E-state index in [1.807, 2.05) is 25.1 Å². The van der Waals surface area contributed by atoms with Gasteiger partial charge in [0.15, 0.2) is 0 Å². The van der Waals surface area contributed by atoms with Gasteiger partial charge >= 0.3 is 5.97 Å². The molecule has 0 bridgehead atoms. The summed E-state index contributed by atoms with van der Waals surface area (Å²) in [5, 5.41) is 9.11. The summed E-state index contributed by atoms with van der Waals surface area (Å²) in [6, 6.07) is 7.90. The summed E-state index contributed by atoms with van der Waals surface area (Å²) in [4.78, 5) is 12.5. The van der Waals surface area contributed by atoms with Crippen molar-refractivity contribution in [2.75, 3.05) is 6.61 Å². The Balaban J connectivity index is 2.28. The minimum absolute atomic E-state index is 0.134. The molecule has 1 aliphatic carbocycles. The standard InChI is InChI=1S/C19H25NO2/c1-4-6-13(3)9-16-11-15-8-7-14(12-20)10-17(15)18(16)19(21)22-5-2/h7-8,10,13,16,18H,4-6,9,11H2,1-3H3/t13-,16?,18+/m1/s1. The van der Waals surface area contributed by atoms with Crippen LogP contribution in [-0.2, 0) is 16.0 Å². The summed E-state index contributed by atoms with van der Waals surface area (Å²) in [5.74, 6) is 0.564. The van der Waals surface area contributed by atoms with E-state index in [9.17, 15) is 4.79 Å². The zero-order valence-electron chi connectivity index (χ0n) is 13.8. The predicted molar refractivity (Wildman–Crippen MR) is 86.4 cm³/mol. The molecule has 1 unspecified atom stereocenters. The highest BCUT2D eigenvalue weighted by Crippen LogP contribution is 2.42. The summed E-state index contributed by atoms with van der Waals surface area (Å²) in [7, 11) is 0. The van der Waals surface area contributed by atoms with Crippen molar-refractivity contribution in [3.8, 4) is 6.07 Å². The molecule has 118 valence electrons. The minimum atomic E-state index is -0.206. The van der Waals surface area contributed by atoms with E-state index in [0.29, 0.717) is 24.0 Å². The van der Waals surface area contributed by atoms with Crippen LogP contribution < -0.4 is 0 Å². The van der Waals surface area contributed by atoms with Crippen molar-refractivity contribution in [2.45, 2.75) is 52.4 Å². The summed E-state index contributed by atoms with van der Waals surface area (Å²) in [6.45, 7) is 6.70. The van der Waals surface area contributed by atoms with Crippen LogP contribution >= 0.6 is 0 Å². The topological polar surface area (TPSA) is 50.1 Å². The maximum absolute atomic E-state index is 12.5. The van der Waals surface area contributed by atoms with Gasteiger partial charge < -0.3 is 4.74 Å². The molecule has 0 N–H and O–H groups in total. The van der Waals surface area contributed by atoms with Gasteiger partial charge in [-0.3, -0.25) is 4.79 Å². The lowest BCUT2D eigenvalue weighted by Crippen LogP contribution is -2.22. The Hall–Kier alpha value is -1.82. The normalized spacial score (nSPS) is 21.0. The second kappa shape index (κ2) is 7.45. The van der Waals surface area contributed by atoms with Gasteiger partial charge in [-0.25, -0.2) is 0 Å². The van der Waals surface area contributed by atoms with Gasteiger partial charge in [0, 0.05) is 0 Å². The van der Waals surface area contributed by atoms with Gasteiger partial charge in [0.05, 0.1) is 24.2 Å². The van der Waals surface area contributed by atoms with Gasteiger partial charge in [0.2, 0.25) is 0 Å². The highest BCUT2D eigenvalue weighted by Gasteiger charge is 2.39. The van der Waals surface area contributed by atoms with Crippen molar-refractivity contribution >= 4 is 5.97 Å². The molecule has 0 radical (unpaired) electrons. The summed E-state index contributed by atoms with van der Waals surface area (Å²) in [6.07, 6.45) is 4.31. The van der Waals surface area contributed by atoms with Crippen molar-refractivity contribution in [1.82, 2.24) is 0 Å². The van der Waals surface area contributed by atoms with Gasteiger partial charge in [-0.1, -0.05) is 32.8 Å². The van der Waals surface area contributed by atoms with Crippen molar-refractivity contribution in [3.05, 3.63) is 34.9 Å². The first-order valence-electron chi connectivity index (χ1n) is 8.30.